The second-order valence-electron chi connectivity index (χ2n) is 5.18. The SMILES string of the molecule is CCC1CC2C(=O)N(CCCCBr)C(=O)C2C1. The fourth-order valence-electron chi connectivity index (χ4n) is 3.12. The van der Waals surface area contributed by atoms with Gasteiger partial charge in [-0.05, 0) is 31.6 Å². The van der Waals surface area contributed by atoms with Crippen LogP contribution >= 0.6 is 15.9 Å². The number of likely N-dealkylation sites (tertiary alicyclic amines) is 1. The van der Waals surface area contributed by atoms with Crippen LogP contribution in [0.2, 0.25) is 0 Å². The Bertz CT molecular complexity index is 295. The van der Waals surface area contributed by atoms with Crippen LogP contribution in [0.15, 0.2) is 0 Å². The van der Waals surface area contributed by atoms with E-state index in [2.05, 4.69) is 22.9 Å². The standard InChI is InChI=1S/C13H20BrNO2/c1-2-9-7-10-11(8-9)13(17)15(12(10)16)6-4-3-5-14/h9-11H,2-8H2,1H3. The lowest BCUT2D eigenvalue weighted by Gasteiger charge is -2.17. The summed E-state index contributed by atoms with van der Waals surface area (Å²) in [6.07, 6.45) is 4.89. The van der Waals surface area contributed by atoms with Crippen LogP contribution in [0, 0.1) is 17.8 Å². The van der Waals surface area contributed by atoms with Gasteiger partial charge in [0.1, 0.15) is 0 Å². The molecule has 0 aromatic heterocycles. The molecule has 1 aliphatic carbocycles. The first kappa shape index (κ1) is 13.1. The Morgan fingerprint density at radius 1 is 1.18 bits per heavy atom. The van der Waals surface area contributed by atoms with E-state index in [9.17, 15) is 9.59 Å². The molecule has 0 aromatic carbocycles. The zero-order valence-electron chi connectivity index (χ0n) is 10.3. The molecule has 2 unspecified atom stereocenters. The van der Waals surface area contributed by atoms with E-state index in [1.165, 1.54) is 4.90 Å². The zero-order chi connectivity index (χ0) is 12.4. The Hall–Kier alpha value is -0.380. The van der Waals surface area contributed by atoms with Crippen molar-refractivity contribution < 1.29 is 9.59 Å². The highest BCUT2D eigenvalue weighted by Crippen LogP contribution is 2.44. The van der Waals surface area contributed by atoms with E-state index in [1.54, 1.807) is 0 Å². The van der Waals surface area contributed by atoms with Crippen molar-refractivity contribution >= 4 is 27.7 Å². The summed E-state index contributed by atoms with van der Waals surface area (Å²) in [5, 5.41) is 0.938. The molecule has 0 N–H and O–H groups in total. The van der Waals surface area contributed by atoms with Crippen molar-refractivity contribution in [2.75, 3.05) is 11.9 Å². The first-order valence-corrected chi connectivity index (χ1v) is 7.72. The minimum absolute atomic E-state index is 0.0106. The third-order valence-corrected chi connectivity index (χ3v) is 4.73. The average molecular weight is 302 g/mol. The van der Waals surface area contributed by atoms with Crippen molar-refractivity contribution in [2.24, 2.45) is 17.8 Å². The molecule has 96 valence electrons. The van der Waals surface area contributed by atoms with Gasteiger partial charge in [0.15, 0.2) is 0 Å². The van der Waals surface area contributed by atoms with Crippen LogP contribution < -0.4 is 0 Å². The number of nitrogens with zero attached hydrogens (tertiary/aromatic N) is 1. The molecule has 1 saturated carbocycles. The van der Waals surface area contributed by atoms with E-state index in [4.69, 9.17) is 0 Å². The molecular weight excluding hydrogens is 282 g/mol. The minimum Gasteiger partial charge on any atom is -0.282 e. The number of amides is 2. The molecule has 3 nitrogen and oxygen atoms in total. The van der Waals surface area contributed by atoms with Crippen LogP contribution in [-0.2, 0) is 9.59 Å². The van der Waals surface area contributed by atoms with Gasteiger partial charge >= 0.3 is 0 Å². The Morgan fingerprint density at radius 2 is 1.76 bits per heavy atom. The predicted molar refractivity (Wildman–Crippen MR) is 69.7 cm³/mol. The number of alkyl halides is 1. The van der Waals surface area contributed by atoms with Gasteiger partial charge in [0.05, 0.1) is 11.8 Å². The van der Waals surface area contributed by atoms with Crippen molar-refractivity contribution in [1.29, 1.82) is 0 Å². The van der Waals surface area contributed by atoms with Gasteiger partial charge < -0.3 is 0 Å². The fraction of sp³-hybridized carbons (Fsp3) is 0.846. The lowest BCUT2D eigenvalue weighted by molar-refractivity contribution is -0.140. The summed E-state index contributed by atoms with van der Waals surface area (Å²) in [6, 6.07) is 0. The Morgan fingerprint density at radius 3 is 2.24 bits per heavy atom. The zero-order valence-corrected chi connectivity index (χ0v) is 11.9. The molecule has 2 amide bonds. The van der Waals surface area contributed by atoms with Gasteiger partial charge in [-0.1, -0.05) is 29.3 Å². The second-order valence-corrected chi connectivity index (χ2v) is 5.98. The van der Waals surface area contributed by atoms with Crippen molar-refractivity contribution in [2.45, 2.75) is 39.0 Å². The predicted octanol–water partition coefficient (Wildman–Crippen LogP) is 2.58. The van der Waals surface area contributed by atoms with Crippen LogP contribution in [0.25, 0.3) is 0 Å². The number of unbranched alkanes of at least 4 members (excludes halogenated alkanes) is 1. The molecule has 2 fully saturated rings. The lowest BCUT2D eigenvalue weighted by atomic mass is 10.00. The quantitative estimate of drug-likeness (QED) is 0.445. The largest absolute Gasteiger partial charge is 0.282 e. The van der Waals surface area contributed by atoms with Crippen molar-refractivity contribution in [3.63, 3.8) is 0 Å². The Kier molecular flexibility index (Phi) is 4.23. The first-order valence-electron chi connectivity index (χ1n) is 6.60. The normalized spacial score (nSPS) is 32.4. The molecule has 2 atom stereocenters. The number of carbonyl (C=O) groups is 2. The summed E-state index contributed by atoms with van der Waals surface area (Å²) in [7, 11) is 0. The molecule has 2 rings (SSSR count). The highest BCUT2D eigenvalue weighted by atomic mass is 79.9. The second kappa shape index (κ2) is 5.51. The molecule has 0 spiro atoms. The summed E-state index contributed by atoms with van der Waals surface area (Å²) >= 11 is 3.37. The highest BCUT2D eigenvalue weighted by molar-refractivity contribution is 9.09. The van der Waals surface area contributed by atoms with Gasteiger partial charge in [-0.15, -0.1) is 0 Å². The molecule has 1 aliphatic heterocycles. The summed E-state index contributed by atoms with van der Waals surface area (Å²) in [5.41, 5.74) is 0. The van der Waals surface area contributed by atoms with Crippen LogP contribution in [0.3, 0.4) is 0 Å². The van der Waals surface area contributed by atoms with E-state index < -0.39 is 0 Å². The lowest BCUT2D eigenvalue weighted by Crippen LogP contribution is -2.33. The van der Waals surface area contributed by atoms with Crippen molar-refractivity contribution in [1.82, 2.24) is 4.90 Å². The summed E-state index contributed by atoms with van der Waals surface area (Å²) in [5.74, 6) is 0.812. The van der Waals surface area contributed by atoms with Gasteiger partial charge in [-0.25, -0.2) is 0 Å². The topological polar surface area (TPSA) is 37.4 Å². The maximum Gasteiger partial charge on any atom is 0.233 e. The van der Waals surface area contributed by atoms with Gasteiger partial charge in [0, 0.05) is 11.9 Å². The van der Waals surface area contributed by atoms with Gasteiger partial charge in [0.2, 0.25) is 11.8 Å². The molecule has 0 bridgehead atoms. The molecule has 2 aliphatic rings. The van der Waals surface area contributed by atoms with Crippen molar-refractivity contribution in [3.05, 3.63) is 0 Å². The number of imide groups is 1. The van der Waals surface area contributed by atoms with E-state index >= 15 is 0 Å². The number of carbonyl (C=O) groups excluding carboxylic acids is 2. The monoisotopic (exact) mass is 301 g/mol. The third-order valence-electron chi connectivity index (χ3n) is 4.17. The minimum atomic E-state index is 0.0106. The average Bonchev–Trinajstić information content (AvgIpc) is 2.84. The molecule has 0 radical (unpaired) electrons. The maximum absolute atomic E-state index is 12.1. The molecule has 4 heteroatoms. The third kappa shape index (κ3) is 2.42. The smallest absolute Gasteiger partial charge is 0.233 e. The number of hydrogen-bond donors (Lipinski definition) is 0. The molecule has 0 aromatic rings. The Labute approximate surface area is 111 Å². The number of fused-ring (bicyclic) bond motifs is 1. The number of hydrogen-bond acceptors (Lipinski definition) is 2. The van der Waals surface area contributed by atoms with Gasteiger partial charge in [-0.2, -0.15) is 0 Å². The molecule has 17 heavy (non-hydrogen) atoms. The van der Waals surface area contributed by atoms with Crippen LogP contribution in [0.1, 0.15) is 39.0 Å². The van der Waals surface area contributed by atoms with E-state index in [0.29, 0.717) is 12.5 Å². The molecule has 1 saturated heterocycles. The van der Waals surface area contributed by atoms with E-state index in [-0.39, 0.29) is 23.7 Å². The first-order chi connectivity index (χ1) is 8.19. The van der Waals surface area contributed by atoms with Crippen molar-refractivity contribution in [3.8, 4) is 0 Å². The van der Waals surface area contributed by atoms with Crippen LogP contribution in [0.4, 0.5) is 0 Å². The number of halogens is 1. The van der Waals surface area contributed by atoms with Gasteiger partial charge in [-0.3, -0.25) is 14.5 Å². The summed E-state index contributed by atoms with van der Waals surface area (Å²) in [4.78, 5) is 25.8. The maximum atomic E-state index is 12.1. The van der Waals surface area contributed by atoms with E-state index in [1.807, 2.05) is 0 Å². The number of rotatable bonds is 5. The summed E-state index contributed by atoms with van der Waals surface area (Å²) < 4.78 is 0. The summed E-state index contributed by atoms with van der Waals surface area (Å²) in [6.45, 7) is 2.77. The fourth-order valence-corrected chi connectivity index (χ4v) is 3.51. The Balaban J connectivity index is 1.96. The van der Waals surface area contributed by atoms with Gasteiger partial charge in [0.25, 0.3) is 0 Å². The molecular formula is C13H20BrNO2. The van der Waals surface area contributed by atoms with E-state index in [0.717, 1.165) is 37.4 Å². The highest BCUT2D eigenvalue weighted by Gasteiger charge is 2.51. The van der Waals surface area contributed by atoms with Crippen LogP contribution in [-0.4, -0.2) is 28.6 Å². The van der Waals surface area contributed by atoms with Crippen LogP contribution in [0.5, 0.6) is 0 Å². The molecule has 1 heterocycles.